The van der Waals surface area contributed by atoms with Crippen molar-refractivity contribution in [1.82, 2.24) is 4.90 Å². The molecule has 0 spiro atoms. The Morgan fingerprint density at radius 3 is 2.20 bits per heavy atom. The predicted molar refractivity (Wildman–Crippen MR) is 66.9 cm³/mol. The molecule has 0 aromatic carbocycles. The Bertz CT molecular complexity index is 173. The number of likely N-dealkylation sites (tertiary alicyclic amines) is 1. The van der Waals surface area contributed by atoms with Crippen LogP contribution >= 0.6 is 0 Å². The number of nitrogens with two attached hydrogens (primary N) is 1. The third-order valence-electron chi connectivity index (χ3n) is 3.65. The van der Waals surface area contributed by atoms with Gasteiger partial charge in [-0.05, 0) is 64.6 Å². The Hall–Kier alpha value is -0.0800. The van der Waals surface area contributed by atoms with Crippen LogP contribution < -0.4 is 5.73 Å². The van der Waals surface area contributed by atoms with Gasteiger partial charge in [0.2, 0.25) is 0 Å². The van der Waals surface area contributed by atoms with E-state index in [1.54, 1.807) is 0 Å². The molecule has 1 saturated heterocycles. The van der Waals surface area contributed by atoms with Crippen molar-refractivity contribution in [3.63, 3.8) is 0 Å². The van der Waals surface area contributed by atoms with Crippen LogP contribution in [-0.4, -0.2) is 30.1 Å². The molecule has 0 amide bonds. The Kier molecular flexibility index (Phi) is 4.60. The first kappa shape index (κ1) is 13.0. The lowest BCUT2D eigenvalue weighted by Gasteiger charge is -2.35. The fourth-order valence-electron chi connectivity index (χ4n) is 2.29. The van der Waals surface area contributed by atoms with Gasteiger partial charge in [-0.15, -0.1) is 0 Å². The molecular weight excluding hydrogens is 184 g/mol. The van der Waals surface area contributed by atoms with E-state index < -0.39 is 0 Å². The first-order valence-corrected chi connectivity index (χ1v) is 6.40. The van der Waals surface area contributed by atoms with E-state index in [4.69, 9.17) is 5.73 Å². The van der Waals surface area contributed by atoms with E-state index >= 15 is 0 Å². The summed E-state index contributed by atoms with van der Waals surface area (Å²) in [7, 11) is 0. The number of nitrogens with zero attached hydrogens (tertiary/aromatic N) is 1. The quantitative estimate of drug-likeness (QED) is 0.776. The summed E-state index contributed by atoms with van der Waals surface area (Å²) in [6.07, 6.45) is 3.87. The van der Waals surface area contributed by atoms with Crippen molar-refractivity contribution in [3.05, 3.63) is 0 Å². The number of rotatable bonds is 4. The summed E-state index contributed by atoms with van der Waals surface area (Å²) >= 11 is 0. The molecule has 1 aliphatic rings. The number of hydrogen-bond donors (Lipinski definition) is 1. The molecule has 90 valence electrons. The summed E-state index contributed by atoms with van der Waals surface area (Å²) in [5.41, 5.74) is 6.00. The van der Waals surface area contributed by atoms with Gasteiger partial charge in [-0.3, -0.25) is 0 Å². The Morgan fingerprint density at radius 1 is 1.27 bits per heavy atom. The highest BCUT2D eigenvalue weighted by atomic mass is 15.1. The standard InChI is InChI=1S/C13H28N2/c1-11(2)12-5-8-15(9-6-12)10-7-13(3,4)14/h11-12H,5-10,14H2,1-4H3. The lowest BCUT2D eigenvalue weighted by Crippen LogP contribution is -2.41. The normalized spacial score (nSPS) is 21.2. The molecule has 1 heterocycles. The van der Waals surface area contributed by atoms with Crippen LogP contribution in [-0.2, 0) is 0 Å². The summed E-state index contributed by atoms with van der Waals surface area (Å²) in [5, 5.41) is 0. The van der Waals surface area contributed by atoms with Crippen molar-refractivity contribution in [3.8, 4) is 0 Å². The second-order valence-corrected chi connectivity index (χ2v) is 6.16. The molecule has 0 radical (unpaired) electrons. The molecule has 0 aliphatic carbocycles. The first-order chi connectivity index (χ1) is 6.88. The van der Waals surface area contributed by atoms with Gasteiger partial charge in [-0.2, -0.15) is 0 Å². The van der Waals surface area contributed by atoms with E-state index in [0.29, 0.717) is 0 Å². The van der Waals surface area contributed by atoms with Crippen LogP contribution in [0.25, 0.3) is 0 Å². The molecule has 2 nitrogen and oxygen atoms in total. The van der Waals surface area contributed by atoms with E-state index in [0.717, 1.165) is 18.3 Å². The minimum Gasteiger partial charge on any atom is -0.326 e. The molecule has 2 N–H and O–H groups in total. The molecule has 0 aromatic rings. The molecule has 0 bridgehead atoms. The van der Waals surface area contributed by atoms with Crippen molar-refractivity contribution >= 4 is 0 Å². The molecular formula is C13H28N2. The second kappa shape index (κ2) is 5.31. The zero-order valence-electron chi connectivity index (χ0n) is 10.9. The van der Waals surface area contributed by atoms with E-state index in [9.17, 15) is 0 Å². The van der Waals surface area contributed by atoms with Crippen LogP contribution in [0.15, 0.2) is 0 Å². The molecule has 0 atom stereocenters. The van der Waals surface area contributed by atoms with Gasteiger partial charge in [-0.25, -0.2) is 0 Å². The Balaban J connectivity index is 2.20. The fraction of sp³-hybridized carbons (Fsp3) is 1.00. The van der Waals surface area contributed by atoms with Crippen molar-refractivity contribution in [2.75, 3.05) is 19.6 Å². The van der Waals surface area contributed by atoms with Crippen LogP contribution in [0.1, 0.15) is 47.0 Å². The largest absolute Gasteiger partial charge is 0.326 e. The highest BCUT2D eigenvalue weighted by molar-refractivity contribution is 4.78. The molecule has 15 heavy (non-hydrogen) atoms. The minimum absolute atomic E-state index is 0.00506. The monoisotopic (exact) mass is 212 g/mol. The van der Waals surface area contributed by atoms with Gasteiger partial charge in [0.15, 0.2) is 0 Å². The summed E-state index contributed by atoms with van der Waals surface area (Å²) in [6.45, 7) is 12.7. The summed E-state index contributed by atoms with van der Waals surface area (Å²) in [5.74, 6) is 1.81. The first-order valence-electron chi connectivity index (χ1n) is 6.40. The second-order valence-electron chi connectivity index (χ2n) is 6.16. The van der Waals surface area contributed by atoms with Crippen LogP contribution in [0.3, 0.4) is 0 Å². The average molecular weight is 212 g/mol. The molecule has 1 fully saturated rings. The third kappa shape index (κ3) is 4.98. The summed E-state index contributed by atoms with van der Waals surface area (Å²) in [6, 6.07) is 0. The topological polar surface area (TPSA) is 29.3 Å². The average Bonchev–Trinajstić information content (AvgIpc) is 2.14. The lowest BCUT2D eigenvalue weighted by molar-refractivity contribution is 0.149. The van der Waals surface area contributed by atoms with Gasteiger partial charge < -0.3 is 10.6 Å². The summed E-state index contributed by atoms with van der Waals surface area (Å²) < 4.78 is 0. The third-order valence-corrected chi connectivity index (χ3v) is 3.65. The van der Waals surface area contributed by atoms with Crippen LogP contribution in [0.2, 0.25) is 0 Å². The van der Waals surface area contributed by atoms with E-state index in [2.05, 4.69) is 32.6 Å². The van der Waals surface area contributed by atoms with Gasteiger partial charge >= 0.3 is 0 Å². The van der Waals surface area contributed by atoms with Crippen molar-refractivity contribution in [2.45, 2.75) is 52.5 Å². The summed E-state index contributed by atoms with van der Waals surface area (Å²) in [4.78, 5) is 2.58. The van der Waals surface area contributed by atoms with Gasteiger partial charge in [0.1, 0.15) is 0 Å². The van der Waals surface area contributed by atoms with E-state index in [-0.39, 0.29) is 5.54 Å². The van der Waals surface area contributed by atoms with Gasteiger partial charge in [-0.1, -0.05) is 13.8 Å². The maximum Gasteiger partial charge on any atom is 0.0109 e. The van der Waals surface area contributed by atoms with Gasteiger partial charge in [0.25, 0.3) is 0 Å². The van der Waals surface area contributed by atoms with Gasteiger partial charge in [0.05, 0.1) is 0 Å². The molecule has 2 heteroatoms. The highest BCUT2D eigenvalue weighted by Crippen LogP contribution is 2.24. The van der Waals surface area contributed by atoms with Crippen molar-refractivity contribution in [2.24, 2.45) is 17.6 Å². The van der Waals surface area contributed by atoms with Crippen LogP contribution in [0.5, 0.6) is 0 Å². The minimum atomic E-state index is -0.00506. The molecule has 0 saturated carbocycles. The van der Waals surface area contributed by atoms with E-state index in [1.807, 2.05) is 0 Å². The van der Waals surface area contributed by atoms with Crippen molar-refractivity contribution < 1.29 is 0 Å². The van der Waals surface area contributed by atoms with E-state index in [1.165, 1.54) is 32.5 Å². The zero-order valence-corrected chi connectivity index (χ0v) is 10.9. The zero-order chi connectivity index (χ0) is 11.5. The molecule has 1 rings (SSSR count). The molecule has 1 aliphatic heterocycles. The van der Waals surface area contributed by atoms with Crippen LogP contribution in [0.4, 0.5) is 0 Å². The highest BCUT2D eigenvalue weighted by Gasteiger charge is 2.22. The lowest BCUT2D eigenvalue weighted by atomic mass is 9.86. The maximum absolute atomic E-state index is 6.00. The Labute approximate surface area is 95.2 Å². The molecule has 0 unspecified atom stereocenters. The van der Waals surface area contributed by atoms with Crippen molar-refractivity contribution in [1.29, 1.82) is 0 Å². The number of piperidine rings is 1. The molecule has 0 aromatic heterocycles. The number of hydrogen-bond acceptors (Lipinski definition) is 2. The van der Waals surface area contributed by atoms with Crippen LogP contribution in [0, 0.1) is 11.8 Å². The van der Waals surface area contributed by atoms with Gasteiger partial charge in [0, 0.05) is 5.54 Å². The Morgan fingerprint density at radius 2 is 1.80 bits per heavy atom. The smallest absolute Gasteiger partial charge is 0.0109 e. The fourth-order valence-corrected chi connectivity index (χ4v) is 2.29. The predicted octanol–water partition coefficient (Wildman–Crippen LogP) is 2.48. The SMILES string of the molecule is CC(C)C1CCN(CCC(C)(C)N)CC1. The maximum atomic E-state index is 6.00.